The molecule has 0 bridgehead atoms. The molecular formula is C50H30N6. The normalized spacial score (nSPS) is 11.6. The van der Waals surface area contributed by atoms with Crippen LogP contribution in [0.1, 0.15) is 0 Å². The first-order chi connectivity index (χ1) is 27.7. The monoisotopic (exact) mass is 714 g/mol. The minimum absolute atomic E-state index is 0.608. The second-order valence-corrected chi connectivity index (χ2v) is 14.0. The van der Waals surface area contributed by atoms with Crippen LogP contribution in [-0.2, 0) is 0 Å². The highest BCUT2D eigenvalue weighted by Crippen LogP contribution is 2.33. The van der Waals surface area contributed by atoms with Gasteiger partial charge in [-0.25, -0.2) is 29.9 Å². The first-order valence-electron chi connectivity index (χ1n) is 18.6. The molecule has 56 heavy (non-hydrogen) atoms. The second-order valence-electron chi connectivity index (χ2n) is 14.0. The van der Waals surface area contributed by atoms with Crippen LogP contribution < -0.4 is 0 Å². The fraction of sp³-hybridized carbons (Fsp3) is 0. The molecule has 0 unspecified atom stereocenters. The number of nitrogens with zero attached hydrogens (tertiary/aromatic N) is 6. The van der Waals surface area contributed by atoms with E-state index >= 15 is 0 Å². The molecule has 260 valence electrons. The van der Waals surface area contributed by atoms with Gasteiger partial charge in [0.2, 0.25) is 0 Å². The van der Waals surface area contributed by atoms with E-state index in [0.29, 0.717) is 5.82 Å². The molecule has 0 atom stereocenters. The average molecular weight is 715 g/mol. The number of benzene rings is 6. The maximum Gasteiger partial charge on any atom is 0.178 e. The van der Waals surface area contributed by atoms with E-state index in [0.717, 1.165) is 105 Å². The fourth-order valence-electron chi connectivity index (χ4n) is 7.57. The summed E-state index contributed by atoms with van der Waals surface area (Å²) in [5.74, 6) is 0.608. The Bertz CT molecular complexity index is 3310. The molecule has 5 heterocycles. The van der Waals surface area contributed by atoms with Crippen molar-refractivity contribution in [2.75, 3.05) is 0 Å². The molecule has 5 aromatic heterocycles. The molecule has 0 aliphatic heterocycles. The standard InChI is InChI=1S/C50H30N6/c1-2-5-31(6-3-1)42-22-19-34-9-10-35-20-23-44(56-49(35)48(34)55-42)40-16-14-36-27-37(12-13-38(36)28-40)39-11-7-32-17-21-43(53-46(32)29-39)41-15-8-33-18-24-45(54-47(33)30-41)50-51-25-4-26-52-50/h1-30H. The Morgan fingerprint density at radius 2 is 0.696 bits per heavy atom. The summed E-state index contributed by atoms with van der Waals surface area (Å²) >= 11 is 0. The number of hydrogen-bond donors (Lipinski definition) is 0. The maximum absolute atomic E-state index is 5.19. The minimum Gasteiger partial charge on any atom is -0.248 e. The maximum atomic E-state index is 5.19. The Kier molecular flexibility index (Phi) is 7.38. The molecule has 0 spiro atoms. The van der Waals surface area contributed by atoms with Gasteiger partial charge < -0.3 is 0 Å². The SMILES string of the molecule is c1ccc(-c2ccc3ccc4ccc(-c5ccc6cc(-c7ccc8ccc(-c9ccc%10ccc(-c%11ncccn%11)nc%10c9)nc8c7)ccc6c5)nc4c3n2)cc1. The third-order valence-electron chi connectivity index (χ3n) is 10.5. The van der Waals surface area contributed by atoms with Crippen LogP contribution in [0.15, 0.2) is 182 Å². The molecule has 0 aliphatic carbocycles. The molecule has 0 amide bonds. The van der Waals surface area contributed by atoms with E-state index in [1.807, 2.05) is 24.3 Å². The summed E-state index contributed by atoms with van der Waals surface area (Å²) in [4.78, 5) is 29.0. The number of fused-ring (bicyclic) bond motifs is 6. The zero-order valence-corrected chi connectivity index (χ0v) is 30.0. The van der Waals surface area contributed by atoms with Crippen molar-refractivity contribution in [1.29, 1.82) is 0 Å². The van der Waals surface area contributed by atoms with Crippen molar-refractivity contribution in [1.82, 2.24) is 29.9 Å². The minimum atomic E-state index is 0.608. The van der Waals surface area contributed by atoms with E-state index in [-0.39, 0.29) is 0 Å². The van der Waals surface area contributed by atoms with Crippen LogP contribution in [0.5, 0.6) is 0 Å². The van der Waals surface area contributed by atoms with Crippen molar-refractivity contribution in [2.24, 2.45) is 0 Å². The summed E-state index contributed by atoms with van der Waals surface area (Å²) < 4.78 is 0. The smallest absolute Gasteiger partial charge is 0.178 e. The van der Waals surface area contributed by atoms with E-state index < -0.39 is 0 Å². The molecule has 0 radical (unpaired) electrons. The lowest BCUT2D eigenvalue weighted by molar-refractivity contribution is 1.15. The lowest BCUT2D eigenvalue weighted by Crippen LogP contribution is -1.92. The van der Waals surface area contributed by atoms with Crippen LogP contribution >= 0.6 is 0 Å². The van der Waals surface area contributed by atoms with Crippen molar-refractivity contribution in [3.8, 4) is 56.4 Å². The highest BCUT2D eigenvalue weighted by Gasteiger charge is 2.12. The van der Waals surface area contributed by atoms with Crippen LogP contribution in [-0.4, -0.2) is 29.9 Å². The molecule has 6 aromatic carbocycles. The van der Waals surface area contributed by atoms with E-state index in [9.17, 15) is 0 Å². The summed E-state index contributed by atoms with van der Waals surface area (Å²) in [6.45, 7) is 0. The summed E-state index contributed by atoms with van der Waals surface area (Å²) in [7, 11) is 0. The van der Waals surface area contributed by atoms with Gasteiger partial charge >= 0.3 is 0 Å². The number of rotatable bonds is 5. The molecule has 6 heteroatoms. The summed E-state index contributed by atoms with van der Waals surface area (Å²) in [5, 5.41) is 6.61. The second kappa shape index (κ2) is 13.0. The fourth-order valence-corrected chi connectivity index (χ4v) is 7.57. The van der Waals surface area contributed by atoms with E-state index in [1.54, 1.807) is 18.5 Å². The van der Waals surface area contributed by atoms with Crippen LogP contribution in [0, 0.1) is 0 Å². The zero-order chi connectivity index (χ0) is 37.0. The number of hydrogen-bond acceptors (Lipinski definition) is 6. The van der Waals surface area contributed by atoms with Gasteiger partial charge in [-0.2, -0.15) is 0 Å². The van der Waals surface area contributed by atoms with Gasteiger partial charge in [0, 0.05) is 50.6 Å². The van der Waals surface area contributed by atoms with Gasteiger partial charge in [0.15, 0.2) is 5.82 Å². The van der Waals surface area contributed by atoms with Gasteiger partial charge in [-0.05, 0) is 76.5 Å². The van der Waals surface area contributed by atoms with Crippen molar-refractivity contribution < 1.29 is 0 Å². The quantitative estimate of drug-likeness (QED) is 0.165. The van der Waals surface area contributed by atoms with Crippen molar-refractivity contribution >= 4 is 54.4 Å². The van der Waals surface area contributed by atoms with Gasteiger partial charge in [-0.1, -0.05) is 115 Å². The van der Waals surface area contributed by atoms with Crippen molar-refractivity contribution in [3.63, 3.8) is 0 Å². The molecule has 11 rings (SSSR count). The van der Waals surface area contributed by atoms with Crippen LogP contribution in [0.3, 0.4) is 0 Å². The third kappa shape index (κ3) is 5.68. The van der Waals surface area contributed by atoms with E-state index in [1.165, 1.54) is 0 Å². The Labute approximate surface area is 321 Å². The van der Waals surface area contributed by atoms with Gasteiger partial charge in [0.1, 0.15) is 5.69 Å². The molecule has 0 saturated carbocycles. The highest BCUT2D eigenvalue weighted by molar-refractivity contribution is 6.04. The van der Waals surface area contributed by atoms with Crippen molar-refractivity contribution in [3.05, 3.63) is 182 Å². The molecule has 11 aromatic rings. The average Bonchev–Trinajstić information content (AvgIpc) is 3.28. The Morgan fingerprint density at radius 1 is 0.268 bits per heavy atom. The molecular weight excluding hydrogens is 685 g/mol. The lowest BCUT2D eigenvalue weighted by atomic mass is 9.98. The van der Waals surface area contributed by atoms with Crippen molar-refractivity contribution in [2.45, 2.75) is 0 Å². The van der Waals surface area contributed by atoms with E-state index in [2.05, 4.69) is 149 Å². The Morgan fingerprint density at radius 3 is 1.36 bits per heavy atom. The summed E-state index contributed by atoms with van der Waals surface area (Å²) in [6, 6.07) is 59.1. The number of aromatic nitrogens is 6. The molecule has 0 aliphatic rings. The lowest BCUT2D eigenvalue weighted by Gasteiger charge is -2.10. The zero-order valence-electron chi connectivity index (χ0n) is 30.0. The van der Waals surface area contributed by atoms with Crippen LogP contribution in [0.4, 0.5) is 0 Å². The first-order valence-corrected chi connectivity index (χ1v) is 18.6. The topological polar surface area (TPSA) is 77.3 Å². The summed E-state index contributed by atoms with van der Waals surface area (Å²) in [5.41, 5.74) is 12.6. The van der Waals surface area contributed by atoms with Gasteiger partial charge in [0.25, 0.3) is 0 Å². The molecule has 0 fully saturated rings. The molecule has 0 saturated heterocycles. The van der Waals surface area contributed by atoms with Crippen LogP contribution in [0.2, 0.25) is 0 Å². The Balaban J connectivity index is 0.912. The van der Waals surface area contributed by atoms with Gasteiger partial charge in [-0.15, -0.1) is 0 Å². The van der Waals surface area contributed by atoms with E-state index in [4.69, 9.17) is 19.9 Å². The third-order valence-corrected chi connectivity index (χ3v) is 10.5. The number of pyridine rings is 4. The molecule has 6 nitrogen and oxygen atoms in total. The summed E-state index contributed by atoms with van der Waals surface area (Å²) in [6.07, 6.45) is 3.47. The predicted molar refractivity (Wildman–Crippen MR) is 228 cm³/mol. The van der Waals surface area contributed by atoms with Crippen LogP contribution in [0.25, 0.3) is 111 Å². The molecule has 0 N–H and O–H groups in total. The van der Waals surface area contributed by atoms with Gasteiger partial charge in [-0.3, -0.25) is 0 Å². The largest absolute Gasteiger partial charge is 0.248 e. The highest BCUT2D eigenvalue weighted by atomic mass is 14.9. The first kappa shape index (κ1) is 31.8. The Hall–Kier alpha value is -7.70. The van der Waals surface area contributed by atoms with Gasteiger partial charge in [0.05, 0.1) is 39.1 Å². The predicted octanol–water partition coefficient (Wildman–Crippen LogP) is 12.2.